The van der Waals surface area contributed by atoms with Gasteiger partial charge in [0.2, 0.25) is 11.9 Å². The minimum atomic E-state index is -1.20. The van der Waals surface area contributed by atoms with Crippen LogP contribution in [0.1, 0.15) is 30.7 Å². The Morgan fingerprint density at radius 3 is 2.81 bits per heavy atom. The normalized spacial score (nSPS) is 13.4. The molecule has 4 N–H and O–H groups in total. The zero-order valence-corrected chi connectivity index (χ0v) is 20.4. The van der Waals surface area contributed by atoms with Gasteiger partial charge in [0.1, 0.15) is 17.5 Å². The Hall–Kier alpha value is -4.09. The number of fused-ring (bicyclic) bond motifs is 2. The first-order chi connectivity index (χ1) is 17.2. The van der Waals surface area contributed by atoms with Gasteiger partial charge in [-0.2, -0.15) is 4.98 Å². The first-order valence-corrected chi connectivity index (χ1v) is 11.7. The van der Waals surface area contributed by atoms with Crippen LogP contribution in [0.3, 0.4) is 0 Å². The maximum absolute atomic E-state index is 13.3. The second kappa shape index (κ2) is 9.17. The Labute approximate surface area is 207 Å². The molecule has 4 aromatic rings. The molecule has 0 unspecified atom stereocenters. The number of pyridine rings is 1. The number of rotatable bonds is 6. The summed E-state index contributed by atoms with van der Waals surface area (Å²) in [6.45, 7) is 4.79. The number of anilines is 2. The van der Waals surface area contributed by atoms with Crippen LogP contribution < -0.4 is 21.5 Å². The Bertz CT molecular complexity index is 1520. The highest BCUT2D eigenvalue weighted by Gasteiger charge is 2.23. The van der Waals surface area contributed by atoms with Gasteiger partial charge in [-0.15, -0.1) is 0 Å². The number of carbonyl (C=O) groups excluding carboxylic acids is 1. The van der Waals surface area contributed by atoms with E-state index in [1.165, 1.54) is 33.7 Å². The lowest BCUT2D eigenvalue weighted by molar-refractivity contribution is -0.121. The van der Waals surface area contributed by atoms with Crippen molar-refractivity contribution in [2.45, 2.75) is 39.0 Å². The number of nitrogens with zero attached hydrogens (tertiary/aromatic N) is 5. The molecule has 1 aromatic carbocycles. The number of hydrogen-bond acceptors (Lipinski definition) is 8. The zero-order chi connectivity index (χ0) is 25.4. The van der Waals surface area contributed by atoms with E-state index >= 15 is 0 Å². The lowest BCUT2D eigenvalue weighted by Gasteiger charge is -2.18. The number of aromatic nitrogens is 5. The van der Waals surface area contributed by atoms with Gasteiger partial charge >= 0.3 is 0 Å². The average molecular weight is 489 g/mol. The van der Waals surface area contributed by atoms with Gasteiger partial charge in [0.25, 0.3) is 5.56 Å². The van der Waals surface area contributed by atoms with E-state index < -0.39 is 11.2 Å². The molecular weight excluding hydrogens is 460 g/mol. The van der Waals surface area contributed by atoms with E-state index in [0.29, 0.717) is 23.1 Å². The van der Waals surface area contributed by atoms with Crippen molar-refractivity contribution in [2.24, 2.45) is 0 Å². The lowest BCUT2D eigenvalue weighted by atomic mass is 10.0. The topological polar surface area (TPSA) is 139 Å². The van der Waals surface area contributed by atoms with Gasteiger partial charge in [-0.25, -0.2) is 19.3 Å². The molecule has 0 spiro atoms. The maximum Gasteiger partial charge on any atom is 0.278 e. The molecule has 186 valence electrons. The Balaban J connectivity index is 1.63. The van der Waals surface area contributed by atoms with E-state index in [1.54, 1.807) is 32.0 Å². The second-order valence-corrected chi connectivity index (χ2v) is 9.25. The first kappa shape index (κ1) is 23.6. The Morgan fingerprint density at radius 1 is 1.19 bits per heavy atom. The van der Waals surface area contributed by atoms with Crippen molar-refractivity contribution >= 4 is 28.6 Å². The highest BCUT2D eigenvalue weighted by molar-refractivity contribution is 5.79. The standard InChI is InChI=1S/C25H28N8O3/c1-25(2,36)19-5-4-6-20(30-19)33-22-18(23(35)32(33)14-21(34)26-3)13-28-24(31-22)29-17-8-7-15-9-10-27-12-16(15)11-17/h4-8,11,13,27,36H,9-10,12,14H2,1-3H3,(H,26,34)(H,28,29,31). The summed E-state index contributed by atoms with van der Waals surface area (Å²) in [7, 11) is 1.50. The Morgan fingerprint density at radius 2 is 2.03 bits per heavy atom. The molecule has 36 heavy (non-hydrogen) atoms. The molecule has 0 atom stereocenters. The molecule has 4 heterocycles. The van der Waals surface area contributed by atoms with Gasteiger partial charge in [0.05, 0.1) is 5.69 Å². The number of likely N-dealkylation sites (N-methyl/N-ethyl adjacent to an activating group) is 1. The predicted molar refractivity (Wildman–Crippen MR) is 135 cm³/mol. The van der Waals surface area contributed by atoms with Gasteiger partial charge in [-0.1, -0.05) is 12.1 Å². The van der Waals surface area contributed by atoms with Gasteiger partial charge in [0, 0.05) is 25.5 Å². The number of aliphatic hydroxyl groups is 1. The Kier molecular flexibility index (Phi) is 6.02. The van der Waals surface area contributed by atoms with Crippen molar-refractivity contribution in [3.05, 3.63) is 69.8 Å². The number of benzene rings is 1. The monoisotopic (exact) mass is 488 g/mol. The summed E-state index contributed by atoms with van der Waals surface area (Å²) in [5.74, 6) is 0.291. The van der Waals surface area contributed by atoms with Crippen LogP contribution in [0, 0.1) is 0 Å². The molecule has 0 fully saturated rings. The van der Waals surface area contributed by atoms with E-state index in [4.69, 9.17) is 0 Å². The molecule has 1 amide bonds. The van der Waals surface area contributed by atoms with Crippen LogP contribution in [0.15, 0.2) is 47.4 Å². The van der Waals surface area contributed by atoms with Gasteiger partial charge < -0.3 is 21.1 Å². The summed E-state index contributed by atoms with van der Waals surface area (Å²) < 4.78 is 2.76. The highest BCUT2D eigenvalue weighted by atomic mass is 16.3. The van der Waals surface area contributed by atoms with Gasteiger partial charge in [-0.3, -0.25) is 9.59 Å². The third kappa shape index (κ3) is 4.45. The van der Waals surface area contributed by atoms with Crippen molar-refractivity contribution < 1.29 is 9.90 Å². The largest absolute Gasteiger partial charge is 0.384 e. The third-order valence-corrected chi connectivity index (χ3v) is 6.17. The number of nitrogens with one attached hydrogen (secondary N) is 3. The van der Waals surface area contributed by atoms with Crippen molar-refractivity contribution in [2.75, 3.05) is 18.9 Å². The molecule has 0 bridgehead atoms. The quantitative estimate of drug-likeness (QED) is 0.319. The molecule has 0 aliphatic carbocycles. The fourth-order valence-electron chi connectivity index (χ4n) is 4.25. The van der Waals surface area contributed by atoms with E-state index in [9.17, 15) is 14.7 Å². The van der Waals surface area contributed by atoms with Crippen molar-refractivity contribution in [1.82, 2.24) is 34.9 Å². The van der Waals surface area contributed by atoms with Crippen LogP contribution in [-0.2, 0) is 29.9 Å². The van der Waals surface area contributed by atoms with Gasteiger partial charge in [-0.05, 0) is 62.2 Å². The molecule has 1 aliphatic rings. The molecule has 0 radical (unpaired) electrons. The van der Waals surface area contributed by atoms with Crippen LogP contribution >= 0.6 is 0 Å². The van der Waals surface area contributed by atoms with Gasteiger partial charge in [0.15, 0.2) is 11.5 Å². The highest BCUT2D eigenvalue weighted by Crippen LogP contribution is 2.23. The minimum Gasteiger partial charge on any atom is -0.384 e. The van der Waals surface area contributed by atoms with Crippen LogP contribution in [0.5, 0.6) is 0 Å². The predicted octanol–water partition coefficient (Wildman–Crippen LogP) is 1.34. The van der Waals surface area contributed by atoms with E-state index in [2.05, 4.69) is 43.0 Å². The number of carbonyl (C=O) groups is 1. The molecule has 1 aliphatic heterocycles. The summed E-state index contributed by atoms with van der Waals surface area (Å²) in [5, 5.41) is 19.9. The molecule has 11 heteroatoms. The van der Waals surface area contributed by atoms with E-state index in [0.717, 1.165) is 25.2 Å². The van der Waals surface area contributed by atoms with Crippen molar-refractivity contribution in [3.63, 3.8) is 0 Å². The zero-order valence-electron chi connectivity index (χ0n) is 20.4. The number of amides is 1. The molecule has 3 aromatic heterocycles. The molecule has 0 saturated heterocycles. The van der Waals surface area contributed by atoms with Crippen LogP contribution in [0.2, 0.25) is 0 Å². The van der Waals surface area contributed by atoms with Crippen LogP contribution in [0.4, 0.5) is 11.6 Å². The fourth-order valence-corrected chi connectivity index (χ4v) is 4.25. The average Bonchev–Trinajstić information content (AvgIpc) is 3.14. The van der Waals surface area contributed by atoms with E-state index in [1.807, 2.05) is 6.07 Å². The third-order valence-electron chi connectivity index (χ3n) is 6.17. The van der Waals surface area contributed by atoms with Crippen LogP contribution in [-0.4, -0.2) is 48.9 Å². The van der Waals surface area contributed by atoms with Crippen molar-refractivity contribution in [3.8, 4) is 5.82 Å². The summed E-state index contributed by atoms with van der Waals surface area (Å²) in [4.78, 5) is 39.1. The summed E-state index contributed by atoms with van der Waals surface area (Å²) in [5.41, 5.74) is 2.45. The van der Waals surface area contributed by atoms with E-state index in [-0.39, 0.29) is 17.8 Å². The molecule has 5 rings (SSSR count). The molecule has 11 nitrogen and oxygen atoms in total. The summed E-state index contributed by atoms with van der Waals surface area (Å²) >= 11 is 0. The lowest BCUT2D eigenvalue weighted by Crippen LogP contribution is -2.32. The summed E-state index contributed by atoms with van der Waals surface area (Å²) in [6.07, 6.45) is 2.43. The smallest absolute Gasteiger partial charge is 0.278 e. The maximum atomic E-state index is 13.3. The first-order valence-electron chi connectivity index (χ1n) is 11.7. The summed E-state index contributed by atoms with van der Waals surface area (Å²) in [6, 6.07) is 11.3. The molecular formula is C25H28N8O3. The molecule has 0 saturated carbocycles. The van der Waals surface area contributed by atoms with Crippen molar-refractivity contribution in [1.29, 1.82) is 0 Å². The SMILES string of the molecule is CNC(=O)Cn1c(=O)c2cnc(Nc3ccc4c(c3)CNCC4)nc2n1-c1cccc(C(C)(C)O)n1. The minimum absolute atomic E-state index is 0.235. The van der Waals surface area contributed by atoms with Crippen LogP contribution in [0.25, 0.3) is 16.9 Å². The number of hydrogen-bond donors (Lipinski definition) is 4. The second-order valence-electron chi connectivity index (χ2n) is 9.25. The fraction of sp³-hybridized carbons (Fsp3) is 0.320.